The Balaban J connectivity index is 2.24. The lowest BCUT2D eigenvalue weighted by Crippen LogP contribution is -2.04. The van der Waals surface area contributed by atoms with E-state index in [0.29, 0.717) is 12.3 Å². The van der Waals surface area contributed by atoms with Gasteiger partial charge in [-0.15, -0.1) is 0 Å². The van der Waals surface area contributed by atoms with E-state index in [2.05, 4.69) is 5.32 Å². The SMILES string of the molecule is CCCOc1ccc(Nc2ccc(N)cc2S(=O)(=O)O)cc1. The minimum Gasteiger partial charge on any atom is -0.494 e. The highest BCUT2D eigenvalue weighted by atomic mass is 32.2. The predicted molar refractivity (Wildman–Crippen MR) is 86.2 cm³/mol. The first-order valence-corrected chi connectivity index (χ1v) is 8.21. The van der Waals surface area contributed by atoms with E-state index in [9.17, 15) is 13.0 Å². The van der Waals surface area contributed by atoms with Gasteiger partial charge in [-0.05, 0) is 48.9 Å². The first-order valence-electron chi connectivity index (χ1n) is 6.77. The fraction of sp³-hybridized carbons (Fsp3) is 0.200. The highest BCUT2D eigenvalue weighted by Crippen LogP contribution is 2.27. The largest absolute Gasteiger partial charge is 0.494 e. The summed E-state index contributed by atoms with van der Waals surface area (Å²) >= 11 is 0. The third-order valence-electron chi connectivity index (χ3n) is 2.89. The van der Waals surface area contributed by atoms with Gasteiger partial charge in [0.2, 0.25) is 0 Å². The molecular weight excluding hydrogens is 304 g/mol. The number of nitrogen functional groups attached to an aromatic ring is 1. The second-order valence-electron chi connectivity index (χ2n) is 4.73. The molecule has 0 fully saturated rings. The molecule has 0 atom stereocenters. The van der Waals surface area contributed by atoms with Crippen LogP contribution in [-0.4, -0.2) is 19.6 Å². The van der Waals surface area contributed by atoms with Crippen molar-refractivity contribution in [3.05, 3.63) is 42.5 Å². The summed E-state index contributed by atoms with van der Waals surface area (Å²) in [5.41, 5.74) is 6.73. The summed E-state index contributed by atoms with van der Waals surface area (Å²) in [4.78, 5) is -0.265. The Morgan fingerprint density at radius 2 is 1.86 bits per heavy atom. The third kappa shape index (κ3) is 4.12. The molecule has 2 aromatic rings. The maximum Gasteiger partial charge on any atom is 0.296 e. The fourth-order valence-corrected chi connectivity index (χ4v) is 2.55. The number of rotatable bonds is 6. The van der Waals surface area contributed by atoms with Crippen LogP contribution in [0.5, 0.6) is 5.75 Å². The highest BCUT2D eigenvalue weighted by Gasteiger charge is 2.16. The van der Waals surface area contributed by atoms with Gasteiger partial charge in [0.05, 0.1) is 12.3 Å². The van der Waals surface area contributed by atoms with Crippen LogP contribution >= 0.6 is 0 Å². The molecule has 2 rings (SSSR count). The van der Waals surface area contributed by atoms with Gasteiger partial charge >= 0.3 is 0 Å². The molecule has 6 nitrogen and oxygen atoms in total. The molecule has 0 aliphatic rings. The summed E-state index contributed by atoms with van der Waals surface area (Å²) in [5, 5.41) is 2.94. The summed E-state index contributed by atoms with van der Waals surface area (Å²) in [6.45, 7) is 2.66. The Labute approximate surface area is 129 Å². The predicted octanol–water partition coefficient (Wildman–Crippen LogP) is 3.05. The zero-order valence-electron chi connectivity index (χ0n) is 12.1. The van der Waals surface area contributed by atoms with Crippen molar-refractivity contribution < 1.29 is 17.7 Å². The average Bonchev–Trinajstić information content (AvgIpc) is 2.47. The first-order chi connectivity index (χ1) is 10.4. The van der Waals surface area contributed by atoms with Crippen LogP contribution in [-0.2, 0) is 10.1 Å². The van der Waals surface area contributed by atoms with Crippen molar-refractivity contribution in [2.24, 2.45) is 0 Å². The topological polar surface area (TPSA) is 102 Å². The van der Waals surface area contributed by atoms with E-state index >= 15 is 0 Å². The van der Waals surface area contributed by atoms with Crippen LogP contribution in [0.3, 0.4) is 0 Å². The summed E-state index contributed by atoms with van der Waals surface area (Å²) in [7, 11) is -4.36. The van der Waals surface area contributed by atoms with E-state index < -0.39 is 10.1 Å². The van der Waals surface area contributed by atoms with Gasteiger partial charge in [-0.2, -0.15) is 8.42 Å². The lowest BCUT2D eigenvalue weighted by Gasteiger charge is -2.12. The molecule has 0 saturated heterocycles. The minimum atomic E-state index is -4.36. The monoisotopic (exact) mass is 322 g/mol. The van der Waals surface area contributed by atoms with Gasteiger partial charge in [0.15, 0.2) is 0 Å². The number of benzene rings is 2. The van der Waals surface area contributed by atoms with Crippen LogP contribution in [0.4, 0.5) is 17.1 Å². The summed E-state index contributed by atoms with van der Waals surface area (Å²) in [6, 6.07) is 11.3. The molecule has 0 aliphatic carbocycles. The van der Waals surface area contributed by atoms with E-state index in [1.165, 1.54) is 12.1 Å². The highest BCUT2D eigenvalue weighted by molar-refractivity contribution is 7.86. The fourth-order valence-electron chi connectivity index (χ4n) is 1.87. The van der Waals surface area contributed by atoms with Crippen molar-refractivity contribution in [3.8, 4) is 5.75 Å². The molecule has 0 radical (unpaired) electrons. The molecule has 0 heterocycles. The number of hydrogen-bond donors (Lipinski definition) is 3. The van der Waals surface area contributed by atoms with Crippen molar-refractivity contribution in [3.63, 3.8) is 0 Å². The molecule has 0 amide bonds. The summed E-state index contributed by atoms with van der Waals surface area (Å²) < 4.78 is 37.6. The van der Waals surface area contributed by atoms with Gasteiger partial charge in [-0.1, -0.05) is 6.92 Å². The van der Waals surface area contributed by atoms with Crippen molar-refractivity contribution in [1.29, 1.82) is 0 Å². The first kappa shape index (κ1) is 16.1. The van der Waals surface area contributed by atoms with Crippen LogP contribution in [0.25, 0.3) is 0 Å². The minimum absolute atomic E-state index is 0.249. The zero-order valence-corrected chi connectivity index (χ0v) is 12.9. The maximum absolute atomic E-state index is 11.4. The second kappa shape index (κ2) is 6.67. The lowest BCUT2D eigenvalue weighted by atomic mass is 10.2. The summed E-state index contributed by atoms with van der Waals surface area (Å²) in [5.74, 6) is 0.736. The Bertz CT molecular complexity index is 743. The van der Waals surface area contributed by atoms with Gasteiger partial charge in [-0.25, -0.2) is 0 Å². The smallest absolute Gasteiger partial charge is 0.296 e. The van der Waals surface area contributed by atoms with Gasteiger partial charge in [0.25, 0.3) is 10.1 Å². The molecule has 0 aliphatic heterocycles. The van der Waals surface area contributed by atoms with Gasteiger partial charge in [-0.3, -0.25) is 4.55 Å². The van der Waals surface area contributed by atoms with Crippen molar-refractivity contribution in [2.75, 3.05) is 17.7 Å². The van der Waals surface area contributed by atoms with Crippen molar-refractivity contribution >= 4 is 27.2 Å². The van der Waals surface area contributed by atoms with Gasteiger partial charge < -0.3 is 15.8 Å². The van der Waals surface area contributed by atoms with Crippen LogP contribution in [0.15, 0.2) is 47.4 Å². The van der Waals surface area contributed by atoms with E-state index in [4.69, 9.17) is 10.5 Å². The Morgan fingerprint density at radius 3 is 2.45 bits per heavy atom. The van der Waals surface area contributed by atoms with Crippen molar-refractivity contribution in [2.45, 2.75) is 18.2 Å². The second-order valence-corrected chi connectivity index (χ2v) is 6.12. The lowest BCUT2D eigenvalue weighted by molar-refractivity contribution is 0.317. The van der Waals surface area contributed by atoms with Crippen LogP contribution < -0.4 is 15.8 Å². The zero-order chi connectivity index (χ0) is 16.2. The Hall–Kier alpha value is -2.25. The summed E-state index contributed by atoms with van der Waals surface area (Å²) in [6.07, 6.45) is 0.920. The van der Waals surface area contributed by atoms with Gasteiger partial charge in [0.1, 0.15) is 10.6 Å². The van der Waals surface area contributed by atoms with E-state index in [1.807, 2.05) is 6.92 Å². The standard InChI is InChI=1S/C15H18N2O4S/c1-2-9-21-13-6-4-12(5-7-13)17-14-8-3-11(16)10-15(14)22(18,19)20/h3-8,10,17H,2,9,16H2,1H3,(H,18,19,20). The molecule has 0 saturated carbocycles. The van der Waals surface area contributed by atoms with Gasteiger partial charge in [0, 0.05) is 11.4 Å². The van der Waals surface area contributed by atoms with Crippen LogP contribution in [0.1, 0.15) is 13.3 Å². The molecule has 2 aromatic carbocycles. The number of nitrogens with two attached hydrogens (primary N) is 1. The normalized spacial score (nSPS) is 11.2. The molecule has 4 N–H and O–H groups in total. The quantitative estimate of drug-likeness (QED) is 0.558. The Morgan fingerprint density at radius 1 is 1.18 bits per heavy atom. The molecule has 0 unspecified atom stereocenters. The molecular formula is C15H18N2O4S. The number of ether oxygens (including phenoxy) is 1. The van der Waals surface area contributed by atoms with Crippen LogP contribution in [0, 0.1) is 0 Å². The third-order valence-corrected chi connectivity index (χ3v) is 3.78. The van der Waals surface area contributed by atoms with Crippen LogP contribution in [0.2, 0.25) is 0 Å². The van der Waals surface area contributed by atoms with E-state index in [-0.39, 0.29) is 16.3 Å². The molecule has 0 aromatic heterocycles. The Kier molecular flexibility index (Phi) is 4.89. The van der Waals surface area contributed by atoms with E-state index in [1.54, 1.807) is 30.3 Å². The molecule has 22 heavy (non-hydrogen) atoms. The molecule has 118 valence electrons. The van der Waals surface area contributed by atoms with E-state index in [0.717, 1.165) is 12.2 Å². The maximum atomic E-state index is 11.4. The molecule has 7 heteroatoms. The number of hydrogen-bond acceptors (Lipinski definition) is 5. The molecule has 0 bridgehead atoms. The van der Waals surface area contributed by atoms with Crippen molar-refractivity contribution in [1.82, 2.24) is 0 Å². The molecule has 0 spiro atoms. The number of anilines is 3. The average molecular weight is 322 g/mol. The number of nitrogens with one attached hydrogen (secondary N) is 1.